The first-order chi connectivity index (χ1) is 9.84. The number of anilines is 1. The van der Waals surface area contributed by atoms with Crippen LogP contribution in [0.4, 0.5) is 9.39 Å². The number of carbonyl (C=O) groups excluding carboxylic acids is 1. The van der Waals surface area contributed by atoms with Crippen molar-refractivity contribution >= 4 is 40.0 Å². The van der Waals surface area contributed by atoms with Gasteiger partial charge in [-0.25, -0.2) is 9.18 Å². The zero-order chi connectivity index (χ0) is 15.7. The van der Waals surface area contributed by atoms with Gasteiger partial charge in [-0.05, 0) is 30.6 Å². The smallest absolute Gasteiger partial charge is 0.340 e. The number of carboxylic acid groups (broad SMARTS) is 1. The predicted molar refractivity (Wildman–Crippen MR) is 78.0 cm³/mol. The summed E-state index contributed by atoms with van der Waals surface area (Å²) in [6.45, 7) is 1.53. The summed E-state index contributed by atoms with van der Waals surface area (Å²) in [6.07, 6.45) is 0. The van der Waals surface area contributed by atoms with E-state index in [4.69, 9.17) is 16.7 Å². The Labute approximate surface area is 128 Å². The van der Waals surface area contributed by atoms with Crippen molar-refractivity contribution in [1.29, 1.82) is 0 Å². The molecular weight excluding hydrogens is 319 g/mol. The minimum absolute atomic E-state index is 0.0710. The highest BCUT2D eigenvalue weighted by atomic mass is 35.5. The molecule has 1 aromatic carbocycles. The lowest BCUT2D eigenvalue weighted by molar-refractivity contribution is 0.0697. The lowest BCUT2D eigenvalue weighted by Crippen LogP contribution is -2.27. The van der Waals surface area contributed by atoms with E-state index in [9.17, 15) is 14.0 Å². The van der Waals surface area contributed by atoms with Crippen molar-refractivity contribution in [2.24, 2.45) is 0 Å². The molecule has 8 heteroatoms. The van der Waals surface area contributed by atoms with Crippen LogP contribution in [-0.2, 0) is 0 Å². The van der Waals surface area contributed by atoms with Crippen molar-refractivity contribution in [2.75, 3.05) is 11.9 Å². The number of amides is 1. The molecule has 1 aromatic heterocycles. The van der Waals surface area contributed by atoms with Gasteiger partial charge in [0, 0.05) is 7.05 Å². The molecule has 21 heavy (non-hydrogen) atoms. The van der Waals surface area contributed by atoms with Gasteiger partial charge >= 0.3 is 5.97 Å². The molecule has 0 bridgehead atoms. The Balaban J connectivity index is 2.45. The van der Waals surface area contributed by atoms with Crippen molar-refractivity contribution in [3.63, 3.8) is 0 Å². The molecule has 0 aliphatic heterocycles. The molecule has 0 fully saturated rings. The van der Waals surface area contributed by atoms with E-state index in [1.54, 1.807) is 0 Å². The molecule has 0 aliphatic carbocycles. The van der Waals surface area contributed by atoms with E-state index in [1.807, 2.05) is 0 Å². The molecule has 110 valence electrons. The maximum absolute atomic E-state index is 13.9. The highest BCUT2D eigenvalue weighted by Gasteiger charge is 2.26. The zero-order valence-corrected chi connectivity index (χ0v) is 12.6. The molecule has 2 aromatic rings. The summed E-state index contributed by atoms with van der Waals surface area (Å²) in [5.74, 6) is -2.72. The normalized spacial score (nSPS) is 10.5. The number of carboxylic acids is 1. The van der Waals surface area contributed by atoms with Crippen molar-refractivity contribution < 1.29 is 19.1 Å². The number of benzene rings is 1. The number of hydrogen-bond acceptors (Lipinski definition) is 4. The lowest BCUT2D eigenvalue weighted by atomic mass is 10.1. The highest BCUT2D eigenvalue weighted by molar-refractivity contribution is 7.11. The summed E-state index contributed by atoms with van der Waals surface area (Å²) in [4.78, 5) is 24.6. The molecule has 0 radical (unpaired) electrons. The Hall–Kier alpha value is -1.99. The lowest BCUT2D eigenvalue weighted by Gasteiger charge is -2.16. The first-order valence-electron chi connectivity index (χ1n) is 5.76. The third-order valence-electron chi connectivity index (χ3n) is 2.85. The van der Waals surface area contributed by atoms with Crippen LogP contribution >= 0.6 is 23.1 Å². The molecule has 0 aliphatic rings. The Bertz CT molecular complexity index is 732. The van der Waals surface area contributed by atoms with Gasteiger partial charge in [-0.1, -0.05) is 17.7 Å². The van der Waals surface area contributed by atoms with Crippen LogP contribution in [0.2, 0.25) is 5.02 Å². The van der Waals surface area contributed by atoms with E-state index in [0.717, 1.165) is 16.4 Å². The molecule has 0 saturated heterocycles. The van der Waals surface area contributed by atoms with Gasteiger partial charge in [0.1, 0.15) is 10.6 Å². The second-order valence-corrected chi connectivity index (χ2v) is 5.38. The number of halogens is 2. The summed E-state index contributed by atoms with van der Waals surface area (Å²) in [7, 11) is 1.36. The van der Waals surface area contributed by atoms with E-state index in [2.05, 4.69) is 4.37 Å². The molecule has 0 spiro atoms. The van der Waals surface area contributed by atoms with Crippen LogP contribution in [0.15, 0.2) is 18.2 Å². The number of nitrogens with zero attached hydrogens (tertiary/aromatic N) is 2. The zero-order valence-electron chi connectivity index (χ0n) is 11.1. The average molecular weight is 329 g/mol. The van der Waals surface area contributed by atoms with Crippen molar-refractivity contribution in [3.8, 4) is 0 Å². The summed E-state index contributed by atoms with van der Waals surface area (Å²) in [5.41, 5.74) is -0.000561. The fraction of sp³-hybridized carbons (Fsp3) is 0.154. The Morgan fingerprint density at radius 1 is 1.43 bits per heavy atom. The first-order valence-corrected chi connectivity index (χ1v) is 6.91. The maximum Gasteiger partial charge on any atom is 0.340 e. The van der Waals surface area contributed by atoms with Gasteiger partial charge in [-0.3, -0.25) is 4.79 Å². The second-order valence-electron chi connectivity index (χ2n) is 4.22. The topological polar surface area (TPSA) is 70.5 Å². The number of aryl methyl sites for hydroxylation is 1. The largest absolute Gasteiger partial charge is 0.478 e. The Morgan fingerprint density at radius 2 is 2.10 bits per heavy atom. The molecule has 2 rings (SSSR count). The minimum Gasteiger partial charge on any atom is -0.478 e. The molecule has 1 N–H and O–H groups in total. The molecule has 0 saturated carbocycles. The number of aromatic carboxylic acids is 1. The standard InChI is InChI=1S/C13H10ClFN2O3S/c1-6-9(13(19)20)12(21-16-6)17(2)11(18)7-4-3-5-8(14)10(7)15/h3-5H,1-2H3,(H,19,20). The third-order valence-corrected chi connectivity index (χ3v) is 4.16. The number of aromatic nitrogens is 1. The van der Waals surface area contributed by atoms with Crippen LogP contribution in [0.25, 0.3) is 0 Å². The number of rotatable bonds is 3. The molecular formula is C13H10ClFN2O3S. The van der Waals surface area contributed by atoms with E-state index >= 15 is 0 Å². The highest BCUT2D eigenvalue weighted by Crippen LogP contribution is 2.29. The van der Waals surface area contributed by atoms with Gasteiger partial charge in [0.25, 0.3) is 5.91 Å². The SMILES string of the molecule is Cc1nsc(N(C)C(=O)c2cccc(Cl)c2F)c1C(=O)O. The van der Waals surface area contributed by atoms with E-state index in [0.29, 0.717) is 5.69 Å². The minimum atomic E-state index is -1.19. The predicted octanol–water partition coefficient (Wildman–Crippen LogP) is 3.22. The van der Waals surface area contributed by atoms with Crippen molar-refractivity contribution in [2.45, 2.75) is 6.92 Å². The average Bonchev–Trinajstić information content (AvgIpc) is 2.82. The molecule has 5 nitrogen and oxygen atoms in total. The summed E-state index contributed by atoms with van der Waals surface area (Å²) >= 11 is 6.51. The first kappa shape index (κ1) is 15.4. The van der Waals surface area contributed by atoms with Crippen molar-refractivity contribution in [1.82, 2.24) is 4.37 Å². The van der Waals surface area contributed by atoms with Gasteiger partial charge in [-0.2, -0.15) is 4.37 Å². The Kier molecular flexibility index (Phi) is 4.24. The Morgan fingerprint density at radius 3 is 2.71 bits per heavy atom. The maximum atomic E-state index is 13.9. The van der Waals surface area contributed by atoms with Crippen LogP contribution < -0.4 is 4.90 Å². The van der Waals surface area contributed by atoms with Crippen LogP contribution in [0.1, 0.15) is 26.4 Å². The van der Waals surface area contributed by atoms with Crippen LogP contribution in [-0.4, -0.2) is 28.4 Å². The summed E-state index contributed by atoms with van der Waals surface area (Å²) in [6, 6.07) is 4.06. The van der Waals surface area contributed by atoms with Crippen molar-refractivity contribution in [3.05, 3.63) is 45.9 Å². The summed E-state index contributed by atoms with van der Waals surface area (Å²) in [5, 5.41) is 9.14. The van der Waals surface area contributed by atoms with Crippen LogP contribution in [0, 0.1) is 12.7 Å². The van der Waals surface area contributed by atoms with E-state index in [-0.39, 0.29) is 21.2 Å². The molecule has 1 amide bonds. The van der Waals surface area contributed by atoms with Gasteiger partial charge in [0.05, 0.1) is 16.3 Å². The molecule has 0 atom stereocenters. The monoisotopic (exact) mass is 328 g/mol. The van der Waals surface area contributed by atoms with Gasteiger partial charge < -0.3 is 10.0 Å². The fourth-order valence-corrected chi connectivity index (χ4v) is 2.80. The van der Waals surface area contributed by atoms with Gasteiger partial charge in [0.2, 0.25) is 0 Å². The van der Waals surface area contributed by atoms with E-state index in [1.165, 1.54) is 32.2 Å². The molecule has 1 heterocycles. The quantitative estimate of drug-likeness (QED) is 0.939. The van der Waals surface area contributed by atoms with E-state index < -0.39 is 17.7 Å². The number of carbonyl (C=O) groups is 2. The van der Waals surface area contributed by atoms with Crippen LogP contribution in [0.5, 0.6) is 0 Å². The summed E-state index contributed by atoms with van der Waals surface area (Å²) < 4.78 is 17.8. The second kappa shape index (κ2) is 5.79. The van der Waals surface area contributed by atoms with Crippen LogP contribution in [0.3, 0.4) is 0 Å². The molecule has 0 unspecified atom stereocenters. The van der Waals surface area contributed by atoms with Gasteiger partial charge in [0.15, 0.2) is 5.82 Å². The fourth-order valence-electron chi connectivity index (χ4n) is 1.77. The number of hydrogen-bond donors (Lipinski definition) is 1. The third kappa shape index (κ3) is 2.74. The van der Waals surface area contributed by atoms with Gasteiger partial charge in [-0.15, -0.1) is 0 Å².